The van der Waals surface area contributed by atoms with Crippen molar-refractivity contribution in [1.29, 1.82) is 0 Å². The first-order chi connectivity index (χ1) is 23.2. The van der Waals surface area contributed by atoms with E-state index in [0.29, 0.717) is 11.5 Å². The van der Waals surface area contributed by atoms with Gasteiger partial charge in [-0.3, -0.25) is 4.68 Å². The van der Waals surface area contributed by atoms with Gasteiger partial charge in [-0.15, -0.1) is 35.7 Å². The maximum Gasteiger partial charge on any atom is 2.00 e. The first kappa shape index (κ1) is 34.4. The molecule has 0 radical (unpaired) electrons. The molecule has 0 aliphatic heterocycles. The van der Waals surface area contributed by atoms with Crippen LogP contribution in [0, 0.1) is 19.1 Å². The van der Waals surface area contributed by atoms with Gasteiger partial charge in [-0.2, -0.15) is 17.2 Å². The zero-order valence-electron chi connectivity index (χ0n) is 29.1. The largest absolute Gasteiger partial charge is 2.00 e. The van der Waals surface area contributed by atoms with Crippen LogP contribution in [0.5, 0.6) is 11.5 Å². The van der Waals surface area contributed by atoms with Gasteiger partial charge in [0.15, 0.2) is 0 Å². The molecule has 3 heterocycles. The van der Waals surface area contributed by atoms with E-state index in [1.54, 1.807) is 0 Å². The second-order valence-corrected chi connectivity index (χ2v) is 13.6. The molecule has 7 rings (SSSR count). The number of unbranched alkanes of at least 4 members (excludes halogenated alkanes) is 1. The Morgan fingerprint density at radius 2 is 1.59 bits per heavy atom. The number of benzene rings is 4. The molecule has 0 fully saturated rings. The molecule has 0 amide bonds. The number of ether oxygens (including phenoxy) is 1. The van der Waals surface area contributed by atoms with Gasteiger partial charge in [-0.05, 0) is 77.6 Å². The van der Waals surface area contributed by atoms with Gasteiger partial charge in [0.1, 0.15) is 5.82 Å². The Morgan fingerprint density at radius 1 is 0.816 bits per heavy atom. The second kappa shape index (κ2) is 14.2. The summed E-state index contributed by atoms with van der Waals surface area (Å²) in [5.74, 6) is 2.09. The fourth-order valence-corrected chi connectivity index (χ4v) is 6.55. The zero-order chi connectivity index (χ0) is 33.4. The van der Waals surface area contributed by atoms with E-state index >= 15 is 0 Å². The summed E-state index contributed by atoms with van der Waals surface area (Å²) in [4.78, 5) is 4.71. The van der Waals surface area contributed by atoms with Crippen LogP contribution in [0.3, 0.4) is 0 Å². The molecule has 0 saturated carbocycles. The monoisotopic (exact) mass is 825 g/mol. The minimum absolute atomic E-state index is 0. The van der Waals surface area contributed by atoms with Crippen LogP contribution in [0.15, 0.2) is 97.2 Å². The Bertz CT molecular complexity index is 2240. The fraction of sp³-hybridized carbons (Fsp3) is 0.256. The molecule has 0 saturated heterocycles. The summed E-state index contributed by atoms with van der Waals surface area (Å²) >= 11 is 0. The average molecular weight is 826 g/mol. The molecular formula is C43H42N4OPt. The van der Waals surface area contributed by atoms with Crippen LogP contribution in [-0.2, 0) is 39.3 Å². The van der Waals surface area contributed by atoms with E-state index in [9.17, 15) is 0 Å². The molecular weight excluding hydrogens is 784 g/mol. The van der Waals surface area contributed by atoms with Gasteiger partial charge in [0.05, 0.1) is 5.69 Å². The van der Waals surface area contributed by atoms with Crippen LogP contribution in [-0.4, -0.2) is 19.3 Å². The third kappa shape index (κ3) is 6.74. The molecule has 3 aromatic heterocycles. The van der Waals surface area contributed by atoms with Gasteiger partial charge in [0.2, 0.25) is 0 Å². The first-order valence-corrected chi connectivity index (χ1v) is 17.1. The maximum atomic E-state index is 6.49. The summed E-state index contributed by atoms with van der Waals surface area (Å²) in [6, 6.07) is 38.8. The molecule has 0 spiro atoms. The SMILES string of the molecule is CCCCc1c(-c2ccc(C(C)(C)C)cc2)c(CC)nn1-c1[c-]c(Oc2[c-]c3c(cc2)c2ccccc2n3-c2cc(C)ccn2)ccc1.[Pt+2]. The summed E-state index contributed by atoms with van der Waals surface area (Å²) in [5, 5.41) is 7.43. The van der Waals surface area contributed by atoms with E-state index < -0.39 is 0 Å². The summed E-state index contributed by atoms with van der Waals surface area (Å²) in [7, 11) is 0. The third-order valence-corrected chi connectivity index (χ3v) is 9.08. The van der Waals surface area contributed by atoms with Crippen molar-refractivity contribution in [3.8, 4) is 34.1 Å². The predicted molar refractivity (Wildman–Crippen MR) is 197 cm³/mol. The normalized spacial score (nSPS) is 11.6. The van der Waals surface area contributed by atoms with Gasteiger partial charge < -0.3 is 9.30 Å². The molecule has 0 atom stereocenters. The van der Waals surface area contributed by atoms with Crippen molar-refractivity contribution in [3.63, 3.8) is 0 Å². The Labute approximate surface area is 304 Å². The molecule has 7 aromatic rings. The van der Waals surface area contributed by atoms with Crippen molar-refractivity contribution < 1.29 is 25.8 Å². The molecule has 4 aromatic carbocycles. The molecule has 49 heavy (non-hydrogen) atoms. The number of pyridine rings is 1. The van der Waals surface area contributed by atoms with E-state index in [0.717, 1.165) is 70.3 Å². The van der Waals surface area contributed by atoms with Crippen LogP contribution in [0.2, 0.25) is 0 Å². The Hall–Kier alpha value is -4.47. The Morgan fingerprint density at radius 3 is 2.33 bits per heavy atom. The predicted octanol–water partition coefficient (Wildman–Crippen LogP) is 10.9. The van der Waals surface area contributed by atoms with Crippen molar-refractivity contribution >= 4 is 21.8 Å². The second-order valence-electron chi connectivity index (χ2n) is 13.6. The van der Waals surface area contributed by atoms with Gasteiger partial charge in [-0.1, -0.05) is 89.0 Å². The van der Waals surface area contributed by atoms with E-state index in [4.69, 9.17) is 14.8 Å². The number of para-hydroxylation sites is 1. The van der Waals surface area contributed by atoms with Crippen LogP contribution in [0.1, 0.15) is 70.0 Å². The zero-order valence-corrected chi connectivity index (χ0v) is 31.4. The van der Waals surface area contributed by atoms with Crippen molar-refractivity contribution in [3.05, 3.63) is 132 Å². The first-order valence-electron chi connectivity index (χ1n) is 17.1. The van der Waals surface area contributed by atoms with Crippen LogP contribution in [0.4, 0.5) is 0 Å². The molecule has 0 unspecified atom stereocenters. The number of aromatic nitrogens is 4. The number of aryl methyl sites for hydroxylation is 2. The molecule has 250 valence electrons. The Balaban J connectivity index is 0.00000417. The summed E-state index contributed by atoms with van der Waals surface area (Å²) < 4.78 is 10.7. The Kier molecular flexibility index (Phi) is 9.95. The van der Waals surface area contributed by atoms with E-state index in [-0.39, 0.29) is 26.5 Å². The van der Waals surface area contributed by atoms with Crippen molar-refractivity contribution in [2.75, 3.05) is 0 Å². The number of hydrogen-bond acceptors (Lipinski definition) is 3. The molecule has 0 aliphatic carbocycles. The molecule has 6 heteroatoms. The van der Waals surface area contributed by atoms with Crippen molar-refractivity contribution in [1.82, 2.24) is 19.3 Å². The van der Waals surface area contributed by atoms with Crippen molar-refractivity contribution in [2.45, 2.75) is 72.6 Å². The molecule has 0 N–H and O–H groups in total. The van der Waals surface area contributed by atoms with E-state index in [1.165, 1.54) is 22.4 Å². The summed E-state index contributed by atoms with van der Waals surface area (Å²) in [6.07, 6.45) is 5.82. The smallest absolute Gasteiger partial charge is 0.509 e. The number of nitrogens with zero attached hydrogens (tertiary/aromatic N) is 4. The van der Waals surface area contributed by atoms with Gasteiger partial charge in [0, 0.05) is 34.5 Å². The van der Waals surface area contributed by atoms with Crippen LogP contribution in [0.25, 0.3) is 44.4 Å². The van der Waals surface area contributed by atoms with E-state index in [1.807, 2.05) is 30.5 Å². The summed E-state index contributed by atoms with van der Waals surface area (Å²) in [6.45, 7) is 13.3. The third-order valence-electron chi connectivity index (χ3n) is 9.08. The fourth-order valence-electron chi connectivity index (χ4n) is 6.55. The van der Waals surface area contributed by atoms with Gasteiger partial charge in [-0.25, -0.2) is 4.98 Å². The summed E-state index contributed by atoms with van der Waals surface area (Å²) in [5.41, 5.74) is 10.2. The maximum absolute atomic E-state index is 6.49. The van der Waals surface area contributed by atoms with Gasteiger partial charge >= 0.3 is 21.1 Å². The number of rotatable bonds is 9. The average Bonchev–Trinajstić information content (AvgIpc) is 3.62. The van der Waals surface area contributed by atoms with Gasteiger partial charge in [0.25, 0.3) is 0 Å². The number of hydrogen-bond donors (Lipinski definition) is 0. The molecule has 5 nitrogen and oxygen atoms in total. The standard InChI is InChI=1S/C43H42N4O.Pt/c1-7-9-16-39-42(30-18-20-31(21-19-30)43(4,5)6)37(8-2)45-47(39)32-13-12-14-33(27-32)48-34-22-23-36-35-15-10-11-17-38(35)46(40(36)28-34)41-26-29(3)24-25-44-41;/h10-15,17-26H,7-9,16H2,1-6H3;/q-2;+2. The van der Waals surface area contributed by atoms with Crippen LogP contribution < -0.4 is 4.74 Å². The van der Waals surface area contributed by atoms with Crippen LogP contribution >= 0.6 is 0 Å². The minimum Gasteiger partial charge on any atom is -0.509 e. The number of fused-ring (bicyclic) bond motifs is 3. The topological polar surface area (TPSA) is 44.9 Å². The van der Waals surface area contributed by atoms with Crippen molar-refractivity contribution in [2.24, 2.45) is 0 Å². The molecule has 0 aliphatic rings. The quantitative estimate of drug-likeness (QED) is 0.136. The molecule has 0 bridgehead atoms. The minimum atomic E-state index is 0. The van der Waals surface area contributed by atoms with E-state index in [2.05, 4.69) is 130 Å².